The number of hydrogen-bond acceptors (Lipinski definition) is 1. The van der Waals surface area contributed by atoms with Gasteiger partial charge in [0.25, 0.3) is 0 Å². The molecule has 0 radical (unpaired) electrons. The Morgan fingerprint density at radius 1 is 1.40 bits per heavy atom. The molecule has 0 heterocycles. The summed E-state index contributed by atoms with van der Waals surface area (Å²) in [6, 6.07) is 9.23. The van der Waals surface area contributed by atoms with Gasteiger partial charge in [-0.15, -0.1) is 0 Å². The van der Waals surface area contributed by atoms with Gasteiger partial charge in [0.2, 0.25) is 0 Å². The molecule has 0 N–H and O–H groups in total. The Kier molecular flexibility index (Phi) is 2.68. The van der Waals surface area contributed by atoms with Crippen LogP contribution in [0.15, 0.2) is 30.3 Å². The lowest BCUT2D eigenvalue weighted by Crippen LogP contribution is -1.88. The third-order valence-corrected chi connectivity index (χ3v) is 1.18. The highest BCUT2D eigenvalue weighted by Gasteiger charge is 1.92. The third-order valence-electron chi connectivity index (χ3n) is 1.18. The molecule has 0 unspecified atom stereocenters. The molecule has 0 atom stereocenters. The summed E-state index contributed by atoms with van der Waals surface area (Å²) >= 11 is 0. The first kappa shape index (κ1) is 7.00. The van der Waals surface area contributed by atoms with Crippen LogP contribution < -0.4 is 0 Å². The second-order valence-corrected chi connectivity index (χ2v) is 1.92. The second kappa shape index (κ2) is 3.83. The molecule has 10 heavy (non-hydrogen) atoms. The highest BCUT2D eigenvalue weighted by Crippen LogP contribution is 1.97. The molecule has 0 bridgehead atoms. The van der Waals surface area contributed by atoms with E-state index in [0.29, 0.717) is 0 Å². The summed E-state index contributed by atoms with van der Waals surface area (Å²) in [5.41, 5.74) is 0.775. The molecule has 0 aliphatic heterocycles. The van der Waals surface area contributed by atoms with E-state index in [9.17, 15) is 4.79 Å². The third kappa shape index (κ3) is 2.02. The number of hydrogen-bond donors (Lipinski definition) is 0. The molecule has 0 amide bonds. The van der Waals surface area contributed by atoms with Gasteiger partial charge in [0.1, 0.15) is 0 Å². The van der Waals surface area contributed by atoms with Crippen molar-refractivity contribution in [1.82, 2.24) is 0 Å². The summed E-state index contributed by atoms with van der Waals surface area (Å²) in [6.07, 6.45) is 0. The van der Waals surface area contributed by atoms with Gasteiger partial charge in [-0.1, -0.05) is 37.7 Å². The Morgan fingerprint density at radius 2 is 1.90 bits per heavy atom. The van der Waals surface area contributed by atoms with E-state index in [1.54, 1.807) is 6.92 Å². The lowest BCUT2D eigenvalue weighted by atomic mass is 10.2. The zero-order valence-electron chi connectivity index (χ0n) is 7.29. The molecule has 0 aliphatic rings. The van der Waals surface area contributed by atoms with Crippen LogP contribution in [0, 0.1) is 0 Å². The number of rotatable bonds is 1. The quantitative estimate of drug-likeness (QED) is 0.543. The van der Waals surface area contributed by atoms with Crippen molar-refractivity contribution < 1.29 is 6.17 Å². The Balaban J connectivity index is 0.000000461. The molecule has 1 aromatic rings. The van der Waals surface area contributed by atoms with E-state index in [2.05, 4.69) is 0 Å². The molecule has 0 saturated carbocycles. The average molecular weight is 137 g/mol. The van der Waals surface area contributed by atoms with Gasteiger partial charge in [-0.2, -0.15) is 0 Å². The average Bonchev–Trinajstić information content (AvgIpc) is 2.10. The molecule has 0 spiro atoms. The minimum Gasteiger partial charge on any atom is -0.295 e. The fourth-order valence-electron chi connectivity index (χ4n) is 0.673. The van der Waals surface area contributed by atoms with Gasteiger partial charge >= 0.3 is 0 Å². The van der Waals surface area contributed by atoms with E-state index in [0.717, 1.165) is 5.56 Å². The van der Waals surface area contributed by atoms with Crippen LogP contribution in [0.2, 0.25) is 0 Å². The highest BCUT2D eigenvalue weighted by atomic mass is 16.1. The summed E-state index contributed by atoms with van der Waals surface area (Å²) in [5.74, 6) is 0.121. The van der Waals surface area contributed by atoms with Crippen LogP contribution in [0.3, 0.4) is 0 Å². The van der Waals surface area contributed by atoms with Gasteiger partial charge in [-0.3, -0.25) is 4.79 Å². The summed E-state index contributed by atoms with van der Waals surface area (Å²) in [7, 11) is 1.25. The van der Waals surface area contributed by atoms with Crippen LogP contribution in [0.1, 0.15) is 26.1 Å². The van der Waals surface area contributed by atoms with Gasteiger partial charge in [0.15, 0.2) is 5.78 Å². The van der Waals surface area contributed by atoms with Gasteiger partial charge in [0.05, 0.1) is 0 Å². The van der Waals surface area contributed by atoms with E-state index in [-0.39, 0.29) is 5.78 Å². The number of Topliss-reactive ketones (excluding diaryl/α,β-unsaturated/α-hetero) is 1. The van der Waals surface area contributed by atoms with Crippen LogP contribution in [0.5, 0.6) is 0 Å². The summed E-state index contributed by atoms with van der Waals surface area (Å²) < 4.78 is 5.75. The van der Waals surface area contributed by atoms with E-state index < -0.39 is 0 Å². The summed E-state index contributed by atoms with van der Waals surface area (Å²) in [4.78, 5) is 10.6. The second-order valence-electron chi connectivity index (χ2n) is 1.92. The highest BCUT2D eigenvalue weighted by molar-refractivity contribution is 5.93. The predicted octanol–water partition coefficient (Wildman–Crippen LogP) is 2.53. The topological polar surface area (TPSA) is 17.1 Å². The number of carbonyl (C=O) groups excluding carboxylic acids is 1. The number of ketones is 1. The van der Waals surface area contributed by atoms with Crippen LogP contribution in [-0.4, -0.2) is 5.78 Å². The van der Waals surface area contributed by atoms with Crippen molar-refractivity contribution in [1.29, 1.82) is 0 Å². The largest absolute Gasteiger partial charge is 0.295 e. The zero-order valence-corrected chi connectivity index (χ0v) is 6.29. The van der Waals surface area contributed by atoms with Crippen molar-refractivity contribution in [2.45, 2.75) is 14.3 Å². The Bertz CT molecular complexity index is 206. The maximum Gasteiger partial charge on any atom is 0.159 e. The van der Waals surface area contributed by atoms with Gasteiger partial charge in [-0.25, -0.2) is 0 Å². The fraction of sp³-hybridized carbons (Fsp3) is 0.222. The van der Waals surface area contributed by atoms with E-state index in [4.69, 9.17) is 1.37 Å². The molecule has 1 aromatic carbocycles. The SMILES string of the molecule is CC(=O)c1ccccc1.[2H]C. The van der Waals surface area contributed by atoms with Crippen molar-refractivity contribution in [2.75, 3.05) is 0 Å². The van der Waals surface area contributed by atoms with Crippen molar-refractivity contribution in [2.24, 2.45) is 0 Å². The number of benzene rings is 1. The van der Waals surface area contributed by atoms with Crippen molar-refractivity contribution >= 4 is 5.78 Å². The first-order valence-electron chi connectivity index (χ1n) is 3.86. The van der Waals surface area contributed by atoms with Crippen LogP contribution in [0.4, 0.5) is 0 Å². The molecule has 0 aliphatic carbocycles. The standard InChI is InChI=1S/C8H8O.CH4/c1-7(9)8-5-3-2-4-6-8;/h2-6H,1H3;1H4/i;1D. The van der Waals surface area contributed by atoms with E-state index in [1.165, 1.54) is 7.40 Å². The first-order valence-corrected chi connectivity index (χ1v) is 2.86. The lowest BCUT2D eigenvalue weighted by molar-refractivity contribution is 0.101. The normalized spacial score (nSPS) is 8.80. The lowest BCUT2D eigenvalue weighted by Gasteiger charge is -1.89. The van der Waals surface area contributed by atoms with Crippen LogP contribution in [0.25, 0.3) is 0 Å². The molecular formula is C9H12O. The molecule has 0 aromatic heterocycles. The Labute approximate surface area is 63.1 Å². The van der Waals surface area contributed by atoms with Gasteiger partial charge < -0.3 is 0 Å². The predicted molar refractivity (Wildman–Crippen MR) is 43.2 cm³/mol. The molecule has 1 nitrogen and oxygen atoms in total. The number of carbonyl (C=O) groups is 1. The van der Waals surface area contributed by atoms with E-state index >= 15 is 0 Å². The smallest absolute Gasteiger partial charge is 0.159 e. The monoisotopic (exact) mass is 137 g/mol. The molecule has 0 fully saturated rings. The molecule has 54 valence electrons. The summed E-state index contributed by atoms with van der Waals surface area (Å²) in [6.45, 7) is 1.56. The minimum absolute atomic E-state index is 0.121. The first-order chi connectivity index (χ1) is 5.30. The molecule has 0 saturated heterocycles. The van der Waals surface area contributed by atoms with Crippen LogP contribution in [-0.2, 0) is 0 Å². The van der Waals surface area contributed by atoms with Gasteiger partial charge in [0, 0.05) is 6.93 Å². The summed E-state index contributed by atoms with van der Waals surface area (Å²) in [5, 5.41) is 0. The molecular weight excluding hydrogens is 124 g/mol. The zero-order chi connectivity index (χ0) is 8.69. The maximum absolute atomic E-state index is 10.6. The Morgan fingerprint density at radius 3 is 2.20 bits per heavy atom. The fourth-order valence-corrected chi connectivity index (χ4v) is 0.673. The van der Waals surface area contributed by atoms with E-state index in [1.807, 2.05) is 30.3 Å². The van der Waals surface area contributed by atoms with Crippen molar-refractivity contribution in [3.63, 3.8) is 0 Å². The van der Waals surface area contributed by atoms with Gasteiger partial charge in [-0.05, 0) is 6.92 Å². The molecule has 1 rings (SSSR count). The Hall–Kier alpha value is -1.11. The minimum atomic E-state index is 0.121. The van der Waals surface area contributed by atoms with Crippen molar-refractivity contribution in [3.05, 3.63) is 35.9 Å². The van der Waals surface area contributed by atoms with Crippen molar-refractivity contribution in [3.8, 4) is 0 Å². The molecule has 1 heteroatoms. The maximum atomic E-state index is 10.6. The van der Waals surface area contributed by atoms with Crippen LogP contribution >= 0.6 is 0 Å².